The predicted molar refractivity (Wildman–Crippen MR) is 76.2 cm³/mol. The second kappa shape index (κ2) is 6.02. The quantitative estimate of drug-likeness (QED) is 0.840. The maximum atomic E-state index is 13.3. The Morgan fingerprint density at radius 3 is 2.41 bits per heavy atom. The summed E-state index contributed by atoms with van der Waals surface area (Å²) in [5, 5.41) is 0. The Bertz CT molecular complexity index is 600. The lowest BCUT2D eigenvalue weighted by molar-refractivity contribution is -0.134. The van der Waals surface area contributed by atoms with Crippen molar-refractivity contribution in [1.82, 2.24) is 9.80 Å². The van der Waals surface area contributed by atoms with Gasteiger partial charge < -0.3 is 9.80 Å². The van der Waals surface area contributed by atoms with Crippen molar-refractivity contribution in [2.75, 3.05) is 19.6 Å². The van der Waals surface area contributed by atoms with Crippen molar-refractivity contribution < 1.29 is 18.4 Å². The summed E-state index contributed by atoms with van der Waals surface area (Å²) in [6.45, 7) is 1.95. The monoisotopic (exact) mass is 308 g/mol. The minimum Gasteiger partial charge on any atom is -0.341 e. The van der Waals surface area contributed by atoms with Crippen LogP contribution < -0.4 is 0 Å². The van der Waals surface area contributed by atoms with Crippen LogP contribution in [0.3, 0.4) is 0 Å². The number of likely N-dealkylation sites (tertiary alicyclic amines) is 2. The normalized spacial score (nSPS) is 21.5. The zero-order chi connectivity index (χ0) is 15.7. The lowest BCUT2D eigenvalue weighted by Crippen LogP contribution is -2.47. The van der Waals surface area contributed by atoms with Crippen LogP contribution in [0.5, 0.6) is 0 Å². The standard InChI is InChI=1S/C16H18F2N2O2/c17-12-6-5-11(10-13(12)18)15(21)20-9-3-4-14(20)16(22)19-7-1-2-8-19/h5-6,10,14H,1-4,7-9H2. The van der Waals surface area contributed by atoms with Gasteiger partial charge in [0.15, 0.2) is 11.6 Å². The van der Waals surface area contributed by atoms with Crippen molar-refractivity contribution in [3.8, 4) is 0 Å². The Balaban J connectivity index is 1.78. The Kier molecular flexibility index (Phi) is 4.09. The summed E-state index contributed by atoms with van der Waals surface area (Å²) in [4.78, 5) is 28.3. The summed E-state index contributed by atoms with van der Waals surface area (Å²) in [7, 11) is 0. The van der Waals surface area contributed by atoms with Crippen molar-refractivity contribution in [2.45, 2.75) is 31.7 Å². The molecule has 2 aliphatic heterocycles. The minimum absolute atomic E-state index is 0.0223. The van der Waals surface area contributed by atoms with E-state index < -0.39 is 23.6 Å². The highest BCUT2D eigenvalue weighted by atomic mass is 19.2. The molecule has 0 radical (unpaired) electrons. The summed E-state index contributed by atoms with van der Waals surface area (Å²) >= 11 is 0. The molecule has 6 heteroatoms. The second-order valence-corrected chi connectivity index (χ2v) is 5.82. The Labute approximate surface area is 127 Å². The number of halogens is 2. The molecule has 2 heterocycles. The van der Waals surface area contributed by atoms with E-state index in [0.29, 0.717) is 13.0 Å². The smallest absolute Gasteiger partial charge is 0.254 e. The van der Waals surface area contributed by atoms with Crippen molar-refractivity contribution in [3.63, 3.8) is 0 Å². The fourth-order valence-electron chi connectivity index (χ4n) is 3.21. The summed E-state index contributed by atoms with van der Waals surface area (Å²) < 4.78 is 26.3. The molecule has 1 aromatic rings. The van der Waals surface area contributed by atoms with Crippen molar-refractivity contribution in [2.24, 2.45) is 0 Å². The fraction of sp³-hybridized carbons (Fsp3) is 0.500. The zero-order valence-corrected chi connectivity index (χ0v) is 12.2. The number of carbonyl (C=O) groups excluding carboxylic acids is 2. The number of benzene rings is 1. The first-order valence-electron chi connectivity index (χ1n) is 7.63. The molecule has 2 aliphatic rings. The molecule has 0 aromatic heterocycles. The van der Waals surface area contributed by atoms with Gasteiger partial charge in [0.1, 0.15) is 6.04 Å². The molecule has 3 rings (SSSR count). The van der Waals surface area contributed by atoms with Crippen LogP contribution in [0.25, 0.3) is 0 Å². The van der Waals surface area contributed by atoms with Gasteiger partial charge in [-0.25, -0.2) is 8.78 Å². The van der Waals surface area contributed by atoms with Gasteiger partial charge in [0, 0.05) is 25.2 Å². The van der Waals surface area contributed by atoms with Gasteiger partial charge in [0.05, 0.1) is 0 Å². The van der Waals surface area contributed by atoms with E-state index in [0.717, 1.165) is 44.5 Å². The highest BCUT2D eigenvalue weighted by Crippen LogP contribution is 2.24. The molecule has 2 amide bonds. The molecule has 2 saturated heterocycles. The summed E-state index contributed by atoms with van der Waals surface area (Å²) in [6, 6.07) is 2.62. The summed E-state index contributed by atoms with van der Waals surface area (Å²) in [6.07, 6.45) is 3.37. The Morgan fingerprint density at radius 1 is 1.00 bits per heavy atom. The lowest BCUT2D eigenvalue weighted by Gasteiger charge is -2.27. The van der Waals surface area contributed by atoms with E-state index in [1.54, 1.807) is 4.90 Å². The predicted octanol–water partition coefficient (Wildman–Crippen LogP) is 2.19. The Hall–Kier alpha value is -1.98. The van der Waals surface area contributed by atoms with Crippen LogP contribution in [0.15, 0.2) is 18.2 Å². The molecule has 2 fully saturated rings. The highest BCUT2D eigenvalue weighted by Gasteiger charge is 2.37. The first kappa shape index (κ1) is 14.9. The molecule has 0 saturated carbocycles. The van der Waals surface area contributed by atoms with Gasteiger partial charge in [-0.15, -0.1) is 0 Å². The van der Waals surface area contributed by atoms with Crippen LogP contribution in [0, 0.1) is 11.6 Å². The lowest BCUT2D eigenvalue weighted by atomic mass is 10.1. The van der Waals surface area contributed by atoms with Crippen molar-refractivity contribution >= 4 is 11.8 Å². The van der Waals surface area contributed by atoms with Crippen LogP contribution in [-0.4, -0.2) is 47.3 Å². The topological polar surface area (TPSA) is 40.6 Å². The molecule has 1 unspecified atom stereocenters. The molecular weight excluding hydrogens is 290 g/mol. The maximum Gasteiger partial charge on any atom is 0.254 e. The number of carbonyl (C=O) groups is 2. The van der Waals surface area contributed by atoms with Crippen molar-refractivity contribution in [1.29, 1.82) is 0 Å². The molecule has 0 aliphatic carbocycles. The van der Waals surface area contributed by atoms with E-state index in [1.165, 1.54) is 11.0 Å². The zero-order valence-electron chi connectivity index (χ0n) is 12.2. The van der Waals surface area contributed by atoms with E-state index in [9.17, 15) is 18.4 Å². The van der Waals surface area contributed by atoms with Gasteiger partial charge in [-0.3, -0.25) is 9.59 Å². The van der Waals surface area contributed by atoms with Gasteiger partial charge in [-0.05, 0) is 43.9 Å². The molecule has 0 spiro atoms. The summed E-state index contributed by atoms with van der Waals surface area (Å²) in [5.41, 5.74) is 0.0834. The molecule has 4 nitrogen and oxygen atoms in total. The van der Waals surface area contributed by atoms with Crippen LogP contribution in [0.4, 0.5) is 8.78 Å². The highest BCUT2D eigenvalue weighted by molar-refractivity contribution is 5.98. The van der Waals surface area contributed by atoms with E-state index in [-0.39, 0.29) is 11.5 Å². The number of nitrogens with zero attached hydrogens (tertiary/aromatic N) is 2. The third-order valence-electron chi connectivity index (χ3n) is 4.38. The van der Waals surface area contributed by atoms with Gasteiger partial charge in [0.25, 0.3) is 5.91 Å². The third kappa shape index (κ3) is 2.69. The number of rotatable bonds is 2. The molecule has 0 bridgehead atoms. The fourth-order valence-corrected chi connectivity index (χ4v) is 3.21. The molecule has 1 atom stereocenters. The van der Waals surface area contributed by atoms with Crippen molar-refractivity contribution in [3.05, 3.63) is 35.4 Å². The SMILES string of the molecule is O=C(C1CCCN1C(=O)c1ccc(F)c(F)c1)N1CCCC1. The minimum atomic E-state index is -1.05. The van der Waals surface area contributed by atoms with E-state index >= 15 is 0 Å². The van der Waals surface area contributed by atoms with Crippen LogP contribution >= 0.6 is 0 Å². The van der Waals surface area contributed by atoms with Gasteiger partial charge in [-0.1, -0.05) is 0 Å². The van der Waals surface area contributed by atoms with E-state index in [4.69, 9.17) is 0 Å². The van der Waals surface area contributed by atoms with Gasteiger partial charge in [0.2, 0.25) is 5.91 Å². The molecule has 22 heavy (non-hydrogen) atoms. The summed E-state index contributed by atoms with van der Waals surface area (Å²) in [5.74, 6) is -2.46. The molecular formula is C16H18F2N2O2. The molecule has 0 N–H and O–H groups in total. The van der Waals surface area contributed by atoms with Crippen LogP contribution in [0.1, 0.15) is 36.0 Å². The largest absolute Gasteiger partial charge is 0.341 e. The Morgan fingerprint density at radius 2 is 1.73 bits per heavy atom. The third-order valence-corrected chi connectivity index (χ3v) is 4.38. The first-order valence-corrected chi connectivity index (χ1v) is 7.63. The van der Waals surface area contributed by atoms with Gasteiger partial charge >= 0.3 is 0 Å². The number of hydrogen-bond donors (Lipinski definition) is 0. The van der Waals surface area contributed by atoms with Crippen LogP contribution in [-0.2, 0) is 4.79 Å². The maximum absolute atomic E-state index is 13.3. The van der Waals surface area contributed by atoms with E-state index in [2.05, 4.69) is 0 Å². The number of amides is 2. The average Bonchev–Trinajstić information content (AvgIpc) is 3.19. The molecule has 1 aromatic carbocycles. The second-order valence-electron chi connectivity index (χ2n) is 5.82. The molecule has 118 valence electrons. The average molecular weight is 308 g/mol. The van der Waals surface area contributed by atoms with Gasteiger partial charge in [-0.2, -0.15) is 0 Å². The number of hydrogen-bond acceptors (Lipinski definition) is 2. The first-order chi connectivity index (χ1) is 10.6. The van der Waals surface area contributed by atoms with Crippen LogP contribution in [0.2, 0.25) is 0 Å². The van der Waals surface area contributed by atoms with E-state index in [1.807, 2.05) is 0 Å².